The SMILES string of the molecule is N#C/C(=C\c1ccc2cc(N3CCCCC3C(N)=O)ccc2c1)C(=O)SCC(O)C(O)CO. The summed E-state index contributed by atoms with van der Waals surface area (Å²) in [7, 11) is 0. The molecule has 0 aromatic heterocycles. The predicted molar refractivity (Wildman–Crippen MR) is 128 cm³/mol. The van der Waals surface area contributed by atoms with Gasteiger partial charge in [-0.15, -0.1) is 0 Å². The Morgan fingerprint density at radius 1 is 1.18 bits per heavy atom. The van der Waals surface area contributed by atoms with Crippen molar-refractivity contribution in [3.63, 3.8) is 0 Å². The lowest BCUT2D eigenvalue weighted by molar-refractivity contribution is -0.119. The first kappa shape index (κ1) is 24.7. The number of hydrogen-bond acceptors (Lipinski definition) is 8. The van der Waals surface area contributed by atoms with Crippen LogP contribution in [0.2, 0.25) is 0 Å². The average Bonchev–Trinajstić information content (AvgIpc) is 2.84. The van der Waals surface area contributed by atoms with E-state index in [4.69, 9.17) is 10.8 Å². The maximum atomic E-state index is 12.3. The maximum Gasteiger partial charge on any atom is 0.240 e. The van der Waals surface area contributed by atoms with E-state index in [0.717, 1.165) is 42.3 Å². The summed E-state index contributed by atoms with van der Waals surface area (Å²) < 4.78 is 0. The molecule has 5 N–H and O–H groups in total. The Morgan fingerprint density at radius 2 is 1.91 bits per heavy atom. The molecule has 0 radical (unpaired) electrons. The highest BCUT2D eigenvalue weighted by molar-refractivity contribution is 8.14. The molecule has 3 atom stereocenters. The summed E-state index contributed by atoms with van der Waals surface area (Å²) in [6.07, 6.45) is 1.60. The lowest BCUT2D eigenvalue weighted by atomic mass is 9.99. The number of anilines is 1. The number of nitrogens with two attached hydrogens (primary N) is 1. The van der Waals surface area contributed by atoms with Crippen LogP contribution in [0, 0.1) is 11.3 Å². The van der Waals surface area contributed by atoms with Gasteiger partial charge >= 0.3 is 0 Å². The van der Waals surface area contributed by atoms with Crippen molar-refractivity contribution in [2.45, 2.75) is 37.5 Å². The summed E-state index contributed by atoms with van der Waals surface area (Å²) in [5.74, 6) is -0.455. The molecule has 1 fully saturated rings. The van der Waals surface area contributed by atoms with Gasteiger partial charge in [0.25, 0.3) is 0 Å². The van der Waals surface area contributed by atoms with Gasteiger partial charge in [-0.1, -0.05) is 30.0 Å². The molecule has 1 amide bonds. The Balaban J connectivity index is 1.78. The molecule has 33 heavy (non-hydrogen) atoms. The Hall–Kier alpha value is -2.90. The highest BCUT2D eigenvalue weighted by Gasteiger charge is 2.27. The third kappa shape index (κ3) is 6.12. The summed E-state index contributed by atoms with van der Waals surface area (Å²) >= 11 is 0.710. The van der Waals surface area contributed by atoms with E-state index in [1.165, 1.54) is 6.08 Å². The highest BCUT2D eigenvalue weighted by Crippen LogP contribution is 2.29. The van der Waals surface area contributed by atoms with Gasteiger partial charge in [0.15, 0.2) is 0 Å². The van der Waals surface area contributed by atoms with Crippen molar-refractivity contribution in [2.24, 2.45) is 5.73 Å². The molecular weight excluding hydrogens is 442 g/mol. The fraction of sp³-hybridized carbons (Fsp3) is 0.375. The minimum atomic E-state index is -1.34. The number of hydrogen-bond donors (Lipinski definition) is 4. The Labute approximate surface area is 196 Å². The summed E-state index contributed by atoms with van der Waals surface area (Å²) in [4.78, 5) is 26.2. The third-order valence-corrected chi connectivity index (χ3v) is 6.67. The van der Waals surface area contributed by atoms with Crippen LogP contribution in [0.25, 0.3) is 16.8 Å². The van der Waals surface area contributed by atoms with Crippen molar-refractivity contribution in [3.05, 3.63) is 47.5 Å². The lowest BCUT2D eigenvalue weighted by Crippen LogP contribution is -2.47. The monoisotopic (exact) mass is 469 g/mol. The number of thioether (sulfide) groups is 1. The zero-order valence-electron chi connectivity index (χ0n) is 18.1. The van der Waals surface area contributed by atoms with Crippen LogP contribution in [0.1, 0.15) is 24.8 Å². The predicted octanol–water partition coefficient (Wildman–Crippen LogP) is 1.56. The number of primary amides is 1. The highest BCUT2D eigenvalue weighted by atomic mass is 32.2. The van der Waals surface area contributed by atoms with E-state index in [-0.39, 0.29) is 23.3 Å². The molecule has 0 bridgehead atoms. The van der Waals surface area contributed by atoms with Crippen molar-refractivity contribution in [2.75, 3.05) is 23.8 Å². The van der Waals surface area contributed by atoms with Crippen molar-refractivity contribution >= 4 is 45.3 Å². The van der Waals surface area contributed by atoms with Crippen molar-refractivity contribution in [3.8, 4) is 6.07 Å². The number of aliphatic hydroxyl groups is 3. The summed E-state index contributed by atoms with van der Waals surface area (Å²) in [5, 5.41) is 38.6. The smallest absolute Gasteiger partial charge is 0.240 e. The topological polar surface area (TPSA) is 148 Å². The number of fused-ring (bicyclic) bond motifs is 1. The fourth-order valence-electron chi connectivity index (χ4n) is 3.83. The first-order chi connectivity index (χ1) is 15.8. The molecule has 2 aromatic carbocycles. The summed E-state index contributed by atoms with van der Waals surface area (Å²) in [6, 6.07) is 13.0. The first-order valence-corrected chi connectivity index (χ1v) is 11.7. The zero-order chi connectivity index (χ0) is 24.0. The van der Waals surface area contributed by atoms with Crippen LogP contribution < -0.4 is 10.6 Å². The number of rotatable bonds is 8. The second-order valence-corrected chi connectivity index (χ2v) is 8.98. The molecule has 1 aliphatic rings. The van der Waals surface area contributed by atoms with Gasteiger partial charge in [-0.05, 0) is 59.9 Å². The van der Waals surface area contributed by atoms with E-state index in [2.05, 4.69) is 0 Å². The van der Waals surface area contributed by atoms with E-state index in [1.54, 1.807) is 6.07 Å². The quantitative estimate of drug-likeness (QED) is 0.336. The van der Waals surface area contributed by atoms with E-state index in [1.807, 2.05) is 41.3 Å². The molecule has 0 spiro atoms. The van der Waals surface area contributed by atoms with Gasteiger partial charge in [-0.3, -0.25) is 9.59 Å². The van der Waals surface area contributed by atoms with Crippen molar-refractivity contribution in [1.82, 2.24) is 0 Å². The number of amides is 1. The molecule has 174 valence electrons. The fourth-order valence-corrected chi connectivity index (χ4v) is 4.64. The first-order valence-electron chi connectivity index (χ1n) is 10.7. The van der Waals surface area contributed by atoms with Gasteiger partial charge in [0.05, 0.1) is 12.7 Å². The lowest BCUT2D eigenvalue weighted by Gasteiger charge is -2.35. The van der Waals surface area contributed by atoms with Gasteiger partial charge in [0.1, 0.15) is 23.8 Å². The van der Waals surface area contributed by atoms with E-state index >= 15 is 0 Å². The van der Waals surface area contributed by atoms with E-state index < -0.39 is 23.9 Å². The largest absolute Gasteiger partial charge is 0.394 e. The number of aliphatic hydroxyl groups excluding tert-OH is 3. The molecule has 8 nitrogen and oxygen atoms in total. The van der Waals surface area contributed by atoms with Crippen LogP contribution in [0.3, 0.4) is 0 Å². The third-order valence-electron chi connectivity index (χ3n) is 5.68. The van der Waals surface area contributed by atoms with Crippen LogP contribution in [0.4, 0.5) is 5.69 Å². The normalized spacial score (nSPS) is 18.5. The average molecular weight is 470 g/mol. The van der Waals surface area contributed by atoms with Crippen LogP contribution in [-0.2, 0) is 9.59 Å². The molecule has 3 unspecified atom stereocenters. The molecular formula is C24H27N3O5S. The van der Waals surface area contributed by atoms with Gasteiger partial charge in [-0.25, -0.2) is 0 Å². The van der Waals surface area contributed by atoms with E-state index in [9.17, 15) is 25.1 Å². The number of piperidine rings is 1. The molecule has 3 rings (SSSR count). The van der Waals surface area contributed by atoms with Crippen LogP contribution >= 0.6 is 11.8 Å². The molecule has 0 saturated carbocycles. The number of nitrogens with zero attached hydrogens (tertiary/aromatic N) is 2. The Morgan fingerprint density at radius 3 is 2.61 bits per heavy atom. The van der Waals surface area contributed by atoms with Crippen molar-refractivity contribution < 1.29 is 24.9 Å². The number of nitriles is 1. The van der Waals surface area contributed by atoms with Crippen molar-refractivity contribution in [1.29, 1.82) is 5.26 Å². The minimum absolute atomic E-state index is 0.0840. The summed E-state index contributed by atoms with van der Waals surface area (Å²) in [6.45, 7) is 0.159. The second kappa shape index (κ2) is 11.3. The number of benzene rings is 2. The Kier molecular flexibility index (Phi) is 8.47. The van der Waals surface area contributed by atoms with Crippen LogP contribution in [0.5, 0.6) is 0 Å². The van der Waals surface area contributed by atoms with Gasteiger partial charge in [0, 0.05) is 18.0 Å². The van der Waals surface area contributed by atoms with Gasteiger partial charge in [-0.2, -0.15) is 5.26 Å². The number of carbonyl (C=O) groups is 2. The van der Waals surface area contributed by atoms with Gasteiger partial charge in [0.2, 0.25) is 11.0 Å². The summed E-state index contributed by atoms with van der Waals surface area (Å²) in [5.41, 5.74) is 7.11. The van der Waals surface area contributed by atoms with Crippen LogP contribution in [-0.4, -0.2) is 63.5 Å². The minimum Gasteiger partial charge on any atom is -0.394 e. The second-order valence-electron chi connectivity index (χ2n) is 7.98. The maximum absolute atomic E-state index is 12.3. The molecule has 1 aliphatic heterocycles. The molecule has 0 aliphatic carbocycles. The Bertz CT molecular complexity index is 1100. The molecule has 1 saturated heterocycles. The molecule has 1 heterocycles. The standard InChI is InChI=1S/C24H27N3O5S/c25-12-18(24(32)33-14-22(30)21(29)13-28)10-15-4-5-17-11-19(7-6-16(17)9-15)27-8-2-1-3-20(27)23(26)31/h4-7,9-11,20-22,28-30H,1-3,8,13-14H2,(H2,26,31)/b18-10+. The van der Waals surface area contributed by atoms with Crippen LogP contribution in [0.15, 0.2) is 42.0 Å². The molecule has 2 aromatic rings. The number of carbonyl (C=O) groups excluding carboxylic acids is 2. The molecule has 9 heteroatoms. The zero-order valence-corrected chi connectivity index (χ0v) is 18.9. The van der Waals surface area contributed by atoms with E-state index in [0.29, 0.717) is 17.3 Å². The van der Waals surface area contributed by atoms with Gasteiger partial charge < -0.3 is 26.0 Å².